The maximum Gasteiger partial charge on any atom is 0.233 e. The first-order valence-electron chi connectivity index (χ1n) is 8.64. The SMILES string of the molecule is COc1cc(CCN2C(=O)CSC2c2ccc(N(C)C)cc2Cl)ccc1O. The monoisotopic (exact) mass is 406 g/mol. The Kier molecular flexibility index (Phi) is 6.07. The van der Waals surface area contributed by atoms with Crippen LogP contribution in [0, 0.1) is 0 Å². The van der Waals surface area contributed by atoms with E-state index in [9.17, 15) is 9.90 Å². The lowest BCUT2D eigenvalue weighted by molar-refractivity contribution is -0.128. The van der Waals surface area contributed by atoms with Gasteiger partial charge in [0.1, 0.15) is 5.37 Å². The van der Waals surface area contributed by atoms with Crippen LogP contribution in [0.5, 0.6) is 11.5 Å². The second kappa shape index (κ2) is 8.31. The van der Waals surface area contributed by atoms with Gasteiger partial charge in [0.25, 0.3) is 0 Å². The number of hydrogen-bond donors (Lipinski definition) is 1. The Morgan fingerprint density at radius 3 is 2.74 bits per heavy atom. The van der Waals surface area contributed by atoms with Crippen molar-refractivity contribution in [3.05, 3.63) is 52.5 Å². The van der Waals surface area contributed by atoms with E-state index in [4.69, 9.17) is 16.3 Å². The molecule has 1 aliphatic heterocycles. The van der Waals surface area contributed by atoms with E-state index in [1.807, 2.05) is 48.2 Å². The van der Waals surface area contributed by atoms with Gasteiger partial charge in [0.05, 0.1) is 12.9 Å². The molecule has 1 heterocycles. The number of carbonyl (C=O) groups excluding carboxylic acids is 1. The van der Waals surface area contributed by atoms with Gasteiger partial charge in [-0.3, -0.25) is 4.79 Å². The normalized spacial score (nSPS) is 16.7. The highest BCUT2D eigenvalue weighted by Gasteiger charge is 2.33. The van der Waals surface area contributed by atoms with Gasteiger partial charge in [-0.15, -0.1) is 11.8 Å². The second-order valence-corrected chi connectivity index (χ2v) is 8.08. The summed E-state index contributed by atoms with van der Waals surface area (Å²) in [5.74, 6) is 1.12. The second-order valence-electron chi connectivity index (χ2n) is 6.61. The van der Waals surface area contributed by atoms with Crippen molar-refractivity contribution >= 4 is 35.0 Å². The summed E-state index contributed by atoms with van der Waals surface area (Å²) >= 11 is 8.12. The largest absolute Gasteiger partial charge is 0.504 e. The molecule has 27 heavy (non-hydrogen) atoms. The highest BCUT2D eigenvalue weighted by atomic mass is 35.5. The van der Waals surface area contributed by atoms with Crippen LogP contribution in [-0.2, 0) is 11.2 Å². The molecular formula is C20H23ClN2O3S. The van der Waals surface area contributed by atoms with Crippen molar-refractivity contribution in [2.45, 2.75) is 11.8 Å². The van der Waals surface area contributed by atoms with Crippen molar-refractivity contribution in [3.63, 3.8) is 0 Å². The summed E-state index contributed by atoms with van der Waals surface area (Å²) in [5, 5.41) is 10.3. The molecule has 0 bridgehead atoms. The van der Waals surface area contributed by atoms with Crippen LogP contribution in [0.2, 0.25) is 5.02 Å². The molecule has 1 fully saturated rings. The number of phenols is 1. The lowest BCUT2D eigenvalue weighted by Crippen LogP contribution is -2.30. The molecule has 0 spiro atoms. The van der Waals surface area contributed by atoms with E-state index < -0.39 is 0 Å². The van der Waals surface area contributed by atoms with Crippen LogP contribution < -0.4 is 9.64 Å². The van der Waals surface area contributed by atoms with Crippen molar-refractivity contribution in [2.75, 3.05) is 38.4 Å². The summed E-state index contributed by atoms with van der Waals surface area (Å²) in [6.45, 7) is 0.580. The molecular weight excluding hydrogens is 384 g/mol. The van der Waals surface area contributed by atoms with E-state index in [0.717, 1.165) is 16.8 Å². The van der Waals surface area contributed by atoms with Gasteiger partial charge in [-0.05, 0) is 36.2 Å². The Balaban J connectivity index is 1.77. The minimum atomic E-state index is -0.0831. The minimum absolute atomic E-state index is 0.0831. The average molecular weight is 407 g/mol. The third-order valence-electron chi connectivity index (χ3n) is 4.62. The van der Waals surface area contributed by atoms with Gasteiger partial charge in [-0.2, -0.15) is 0 Å². The molecule has 3 rings (SSSR count). The number of benzene rings is 2. The van der Waals surface area contributed by atoms with Crippen LogP contribution in [0.25, 0.3) is 0 Å². The van der Waals surface area contributed by atoms with Gasteiger partial charge < -0.3 is 19.6 Å². The molecule has 1 amide bonds. The third-order valence-corrected chi connectivity index (χ3v) is 6.19. The Labute approximate surface area is 168 Å². The number of carbonyl (C=O) groups is 1. The number of thioether (sulfide) groups is 1. The topological polar surface area (TPSA) is 53.0 Å². The van der Waals surface area contributed by atoms with Crippen molar-refractivity contribution in [1.29, 1.82) is 0 Å². The maximum absolute atomic E-state index is 12.4. The van der Waals surface area contributed by atoms with Crippen molar-refractivity contribution in [1.82, 2.24) is 4.90 Å². The summed E-state index contributed by atoms with van der Waals surface area (Å²) < 4.78 is 5.16. The van der Waals surface area contributed by atoms with E-state index in [2.05, 4.69) is 0 Å². The van der Waals surface area contributed by atoms with E-state index in [1.54, 1.807) is 23.9 Å². The first-order chi connectivity index (χ1) is 12.9. The highest BCUT2D eigenvalue weighted by Crippen LogP contribution is 2.42. The lowest BCUT2D eigenvalue weighted by atomic mass is 10.1. The fourth-order valence-electron chi connectivity index (χ4n) is 3.08. The predicted molar refractivity (Wildman–Crippen MR) is 111 cm³/mol. The lowest BCUT2D eigenvalue weighted by Gasteiger charge is -2.26. The fraction of sp³-hybridized carbons (Fsp3) is 0.350. The van der Waals surface area contributed by atoms with Gasteiger partial charge in [-0.1, -0.05) is 23.7 Å². The Bertz CT molecular complexity index is 844. The van der Waals surface area contributed by atoms with Gasteiger partial charge in [0.2, 0.25) is 5.91 Å². The van der Waals surface area contributed by atoms with Crippen LogP contribution in [0.4, 0.5) is 5.69 Å². The zero-order chi connectivity index (χ0) is 19.6. The average Bonchev–Trinajstić information content (AvgIpc) is 3.01. The van der Waals surface area contributed by atoms with Gasteiger partial charge in [0.15, 0.2) is 11.5 Å². The molecule has 144 valence electrons. The zero-order valence-electron chi connectivity index (χ0n) is 15.6. The van der Waals surface area contributed by atoms with Gasteiger partial charge in [-0.25, -0.2) is 0 Å². The van der Waals surface area contributed by atoms with E-state index in [1.165, 1.54) is 7.11 Å². The van der Waals surface area contributed by atoms with Gasteiger partial charge >= 0.3 is 0 Å². The van der Waals surface area contributed by atoms with Crippen molar-refractivity contribution in [2.24, 2.45) is 0 Å². The van der Waals surface area contributed by atoms with Gasteiger partial charge in [0, 0.05) is 36.9 Å². The Morgan fingerprint density at radius 1 is 1.30 bits per heavy atom. The summed E-state index contributed by atoms with van der Waals surface area (Å²) in [4.78, 5) is 16.3. The molecule has 5 nitrogen and oxygen atoms in total. The Morgan fingerprint density at radius 2 is 2.07 bits per heavy atom. The number of rotatable bonds is 6. The van der Waals surface area contributed by atoms with Crippen LogP contribution in [0.15, 0.2) is 36.4 Å². The highest BCUT2D eigenvalue weighted by molar-refractivity contribution is 8.00. The molecule has 1 unspecified atom stereocenters. The number of ether oxygens (including phenoxy) is 1. The van der Waals surface area contributed by atoms with E-state index in [-0.39, 0.29) is 17.0 Å². The number of nitrogens with zero attached hydrogens (tertiary/aromatic N) is 2. The summed E-state index contributed by atoms with van der Waals surface area (Å²) in [5.41, 5.74) is 2.99. The standard InChI is InChI=1S/C20H23ClN2O3S/c1-22(2)14-5-6-15(16(21)11-14)20-23(19(25)12-27-20)9-8-13-4-7-17(24)18(10-13)26-3/h4-7,10-11,20,24H,8-9,12H2,1-3H3. The number of anilines is 1. The van der Waals surface area contributed by atoms with Crippen molar-refractivity contribution < 1.29 is 14.6 Å². The number of phenolic OH excluding ortho intramolecular Hbond substituents is 1. The Hall–Kier alpha value is -2.05. The number of halogens is 1. The van der Waals surface area contributed by atoms with Crippen LogP contribution in [0.1, 0.15) is 16.5 Å². The molecule has 0 radical (unpaired) electrons. The quantitative estimate of drug-likeness (QED) is 0.787. The first-order valence-corrected chi connectivity index (χ1v) is 10.1. The zero-order valence-corrected chi connectivity index (χ0v) is 17.2. The molecule has 1 aliphatic rings. The van der Waals surface area contributed by atoms with E-state index in [0.29, 0.717) is 29.5 Å². The van der Waals surface area contributed by atoms with Crippen LogP contribution in [-0.4, -0.2) is 49.4 Å². The number of methoxy groups -OCH3 is 1. The predicted octanol–water partition coefficient (Wildman–Crippen LogP) is 3.94. The smallest absolute Gasteiger partial charge is 0.233 e. The number of aromatic hydroxyl groups is 1. The minimum Gasteiger partial charge on any atom is -0.504 e. The summed E-state index contributed by atoms with van der Waals surface area (Å²) in [6.07, 6.45) is 0.673. The molecule has 7 heteroatoms. The van der Waals surface area contributed by atoms with Crippen molar-refractivity contribution in [3.8, 4) is 11.5 Å². The maximum atomic E-state index is 12.4. The fourth-order valence-corrected chi connectivity index (χ4v) is 4.67. The summed E-state index contributed by atoms with van der Waals surface area (Å²) in [6, 6.07) is 11.2. The molecule has 0 saturated carbocycles. The molecule has 0 aliphatic carbocycles. The van der Waals surface area contributed by atoms with E-state index >= 15 is 0 Å². The number of hydrogen-bond acceptors (Lipinski definition) is 5. The molecule has 1 atom stereocenters. The third kappa shape index (κ3) is 4.28. The van der Waals surface area contributed by atoms with Crippen LogP contribution >= 0.6 is 23.4 Å². The summed E-state index contributed by atoms with van der Waals surface area (Å²) in [7, 11) is 5.46. The van der Waals surface area contributed by atoms with Crippen LogP contribution in [0.3, 0.4) is 0 Å². The molecule has 1 N–H and O–H groups in total. The number of amides is 1. The molecule has 0 aromatic heterocycles. The molecule has 2 aromatic carbocycles. The molecule has 1 saturated heterocycles. The molecule has 2 aromatic rings. The first kappa shape index (κ1) is 19.7.